The zero-order chi connectivity index (χ0) is 16.4. The molecule has 2 heterocycles. The van der Waals surface area contributed by atoms with Crippen molar-refractivity contribution in [3.05, 3.63) is 35.6 Å². The maximum Gasteiger partial charge on any atom is 0.223 e. The van der Waals surface area contributed by atoms with Gasteiger partial charge in [-0.2, -0.15) is 0 Å². The summed E-state index contributed by atoms with van der Waals surface area (Å²) in [5.74, 6) is -0.970. The van der Waals surface area contributed by atoms with E-state index in [1.165, 1.54) is 18.2 Å². The highest BCUT2D eigenvalue weighted by molar-refractivity contribution is 5.99. The Morgan fingerprint density at radius 3 is 2.79 bits per heavy atom. The summed E-state index contributed by atoms with van der Waals surface area (Å²) in [4.78, 5) is 27.1. The van der Waals surface area contributed by atoms with Crippen molar-refractivity contribution in [2.24, 2.45) is 5.92 Å². The summed E-state index contributed by atoms with van der Waals surface area (Å²) < 4.78 is 13.3. The molecule has 6 heteroatoms. The molecule has 1 amide bonds. The molecule has 2 fully saturated rings. The van der Waals surface area contributed by atoms with Gasteiger partial charge in [0, 0.05) is 36.5 Å². The van der Waals surface area contributed by atoms with Crippen LogP contribution in [-0.2, 0) is 4.79 Å². The summed E-state index contributed by atoms with van der Waals surface area (Å²) in [7, 11) is 0. The molecule has 2 saturated heterocycles. The average molecular weight is 355 g/mol. The first-order valence-electron chi connectivity index (χ1n) is 8.38. The van der Waals surface area contributed by atoms with E-state index in [0.717, 1.165) is 32.4 Å². The molecule has 0 spiro atoms. The first kappa shape index (κ1) is 18.9. The molecule has 132 valence electrons. The van der Waals surface area contributed by atoms with Crippen molar-refractivity contribution in [3.8, 4) is 0 Å². The lowest BCUT2D eigenvalue weighted by molar-refractivity contribution is -0.134. The van der Waals surface area contributed by atoms with E-state index in [4.69, 9.17) is 0 Å². The van der Waals surface area contributed by atoms with E-state index in [1.54, 1.807) is 13.0 Å². The Morgan fingerprint density at radius 1 is 1.29 bits per heavy atom. The van der Waals surface area contributed by atoms with E-state index in [0.29, 0.717) is 11.6 Å². The maximum absolute atomic E-state index is 13.3. The predicted octanol–water partition coefficient (Wildman–Crippen LogP) is 2.81. The van der Waals surface area contributed by atoms with Gasteiger partial charge in [0.15, 0.2) is 5.78 Å². The van der Waals surface area contributed by atoms with E-state index >= 15 is 0 Å². The second-order valence-corrected chi connectivity index (χ2v) is 6.66. The van der Waals surface area contributed by atoms with E-state index in [9.17, 15) is 14.0 Å². The van der Waals surface area contributed by atoms with Gasteiger partial charge in [0.2, 0.25) is 5.91 Å². The minimum atomic E-state index is -0.431. The van der Waals surface area contributed by atoms with Gasteiger partial charge in [-0.05, 0) is 37.9 Å². The highest BCUT2D eigenvalue weighted by Crippen LogP contribution is 2.29. The first-order valence-corrected chi connectivity index (χ1v) is 8.38. The van der Waals surface area contributed by atoms with Gasteiger partial charge in [-0.3, -0.25) is 9.59 Å². The van der Waals surface area contributed by atoms with Crippen molar-refractivity contribution in [3.63, 3.8) is 0 Å². The van der Waals surface area contributed by atoms with Crippen molar-refractivity contribution in [1.29, 1.82) is 0 Å². The number of Topliss-reactive ketones (excluding diaryl/α,β-unsaturated/α-hetero) is 1. The number of carbonyl (C=O) groups is 2. The third-order valence-electron chi connectivity index (χ3n) is 4.98. The Bertz CT molecular complexity index is 596. The zero-order valence-corrected chi connectivity index (χ0v) is 14.7. The molecule has 1 aromatic rings. The molecule has 1 N–H and O–H groups in total. The van der Waals surface area contributed by atoms with Crippen molar-refractivity contribution in [1.82, 2.24) is 10.2 Å². The Labute approximate surface area is 148 Å². The van der Waals surface area contributed by atoms with Gasteiger partial charge < -0.3 is 10.2 Å². The van der Waals surface area contributed by atoms with Crippen LogP contribution in [0.4, 0.5) is 4.39 Å². The normalized spacial score (nSPS) is 24.0. The average Bonchev–Trinajstić information content (AvgIpc) is 2.79. The minimum Gasteiger partial charge on any atom is -0.335 e. The van der Waals surface area contributed by atoms with Crippen molar-refractivity contribution < 1.29 is 14.0 Å². The fourth-order valence-electron chi connectivity index (χ4n) is 3.78. The molecule has 3 unspecified atom stereocenters. The highest BCUT2D eigenvalue weighted by Gasteiger charge is 2.38. The third-order valence-corrected chi connectivity index (χ3v) is 4.98. The fourth-order valence-corrected chi connectivity index (χ4v) is 3.78. The van der Waals surface area contributed by atoms with Crippen LogP contribution < -0.4 is 5.32 Å². The number of carbonyl (C=O) groups excluding carboxylic acids is 2. The SMILES string of the molecule is CC(CC(=O)N1C2CCNCC1CC2)C(=O)c1cccc(F)c1.Cl. The smallest absolute Gasteiger partial charge is 0.223 e. The number of halogens is 2. The Kier molecular flexibility index (Phi) is 6.35. The molecule has 0 aromatic heterocycles. The molecule has 2 bridgehead atoms. The lowest BCUT2D eigenvalue weighted by atomic mass is 9.95. The number of amides is 1. The zero-order valence-electron chi connectivity index (χ0n) is 13.8. The number of benzene rings is 1. The molecule has 4 nitrogen and oxygen atoms in total. The Morgan fingerprint density at radius 2 is 2.04 bits per heavy atom. The van der Waals surface area contributed by atoms with E-state index in [2.05, 4.69) is 5.32 Å². The number of nitrogens with one attached hydrogen (secondary N) is 1. The molecule has 3 rings (SSSR count). The molecule has 24 heavy (non-hydrogen) atoms. The summed E-state index contributed by atoms with van der Waals surface area (Å²) in [6.45, 7) is 3.54. The molecule has 2 aliphatic rings. The van der Waals surface area contributed by atoms with Gasteiger partial charge in [-0.25, -0.2) is 4.39 Å². The molecule has 0 saturated carbocycles. The Hall–Kier alpha value is -1.46. The van der Waals surface area contributed by atoms with Crippen LogP contribution in [-0.4, -0.2) is 41.8 Å². The van der Waals surface area contributed by atoms with Crippen LogP contribution >= 0.6 is 12.4 Å². The summed E-state index contributed by atoms with van der Waals surface area (Å²) in [5, 5.41) is 3.37. The largest absolute Gasteiger partial charge is 0.335 e. The number of rotatable bonds is 4. The monoisotopic (exact) mass is 354 g/mol. The lowest BCUT2D eigenvalue weighted by Crippen LogP contribution is -2.43. The molecular formula is C18H24ClFN2O2. The number of hydrogen-bond acceptors (Lipinski definition) is 3. The summed E-state index contributed by atoms with van der Waals surface area (Å²) in [6, 6.07) is 6.24. The second kappa shape index (κ2) is 8.08. The highest BCUT2D eigenvalue weighted by atomic mass is 35.5. The maximum atomic E-state index is 13.3. The number of ketones is 1. The Balaban J connectivity index is 0.00000208. The van der Waals surface area contributed by atoms with Gasteiger partial charge in [-0.15, -0.1) is 12.4 Å². The van der Waals surface area contributed by atoms with Crippen LogP contribution in [0.3, 0.4) is 0 Å². The quantitative estimate of drug-likeness (QED) is 0.846. The van der Waals surface area contributed by atoms with Gasteiger partial charge in [0.05, 0.1) is 0 Å². The van der Waals surface area contributed by atoms with Crippen LogP contribution in [0.2, 0.25) is 0 Å². The van der Waals surface area contributed by atoms with Gasteiger partial charge in [0.1, 0.15) is 5.82 Å². The van der Waals surface area contributed by atoms with Crippen molar-refractivity contribution in [2.45, 2.75) is 44.7 Å². The van der Waals surface area contributed by atoms with Crippen LogP contribution in [0.5, 0.6) is 0 Å². The fraction of sp³-hybridized carbons (Fsp3) is 0.556. The number of fused-ring (bicyclic) bond motifs is 2. The number of nitrogens with zero attached hydrogens (tertiary/aromatic N) is 1. The van der Waals surface area contributed by atoms with Gasteiger partial charge >= 0.3 is 0 Å². The molecule has 2 aliphatic heterocycles. The van der Waals surface area contributed by atoms with Gasteiger partial charge in [-0.1, -0.05) is 19.1 Å². The van der Waals surface area contributed by atoms with Crippen LogP contribution in [0.1, 0.15) is 43.0 Å². The molecule has 1 aromatic carbocycles. The predicted molar refractivity (Wildman–Crippen MR) is 92.9 cm³/mol. The van der Waals surface area contributed by atoms with E-state index < -0.39 is 11.7 Å². The van der Waals surface area contributed by atoms with Gasteiger partial charge in [0.25, 0.3) is 0 Å². The molecular weight excluding hydrogens is 331 g/mol. The van der Waals surface area contributed by atoms with Crippen molar-refractivity contribution in [2.75, 3.05) is 13.1 Å². The molecule has 0 aliphatic carbocycles. The van der Waals surface area contributed by atoms with Crippen LogP contribution in [0.25, 0.3) is 0 Å². The van der Waals surface area contributed by atoms with Crippen LogP contribution in [0, 0.1) is 11.7 Å². The minimum absolute atomic E-state index is 0. The summed E-state index contributed by atoms with van der Waals surface area (Å²) in [5.41, 5.74) is 0.339. The standard InChI is InChI=1S/C18H23FN2O2.ClH/c1-12(18(23)13-3-2-4-14(19)10-13)9-17(22)21-15-5-6-16(21)11-20-8-7-15;/h2-4,10,12,15-16,20H,5-9,11H2,1H3;1H. The van der Waals surface area contributed by atoms with Crippen LogP contribution in [0.15, 0.2) is 24.3 Å². The second-order valence-electron chi connectivity index (χ2n) is 6.66. The lowest BCUT2D eigenvalue weighted by Gasteiger charge is -2.29. The molecule has 3 atom stereocenters. The first-order chi connectivity index (χ1) is 11.1. The van der Waals surface area contributed by atoms with E-state index in [-0.39, 0.29) is 36.6 Å². The summed E-state index contributed by atoms with van der Waals surface area (Å²) in [6.07, 6.45) is 3.27. The summed E-state index contributed by atoms with van der Waals surface area (Å²) >= 11 is 0. The number of hydrogen-bond donors (Lipinski definition) is 1. The van der Waals surface area contributed by atoms with E-state index in [1.807, 2.05) is 4.90 Å². The third kappa shape index (κ3) is 3.95. The van der Waals surface area contributed by atoms with Crippen molar-refractivity contribution >= 4 is 24.1 Å². The topological polar surface area (TPSA) is 49.4 Å². The molecule has 0 radical (unpaired) electrons.